The van der Waals surface area contributed by atoms with Crippen LogP contribution in [0.3, 0.4) is 0 Å². The van der Waals surface area contributed by atoms with Gasteiger partial charge in [-0.1, -0.05) is 6.92 Å². The second-order valence-corrected chi connectivity index (χ2v) is 3.88. The zero-order valence-electron chi connectivity index (χ0n) is 12.2. The summed E-state index contributed by atoms with van der Waals surface area (Å²) in [5, 5.41) is 0. The maximum absolute atomic E-state index is 11.2. The van der Waals surface area contributed by atoms with Gasteiger partial charge in [0.2, 0.25) is 0 Å². The minimum atomic E-state index is -0.493. The van der Waals surface area contributed by atoms with Gasteiger partial charge in [-0.25, -0.2) is 9.59 Å². The van der Waals surface area contributed by atoms with Gasteiger partial charge in [0.1, 0.15) is 0 Å². The van der Waals surface area contributed by atoms with Gasteiger partial charge in [-0.2, -0.15) is 0 Å². The Bertz CT molecular complexity index is 303. The Balaban J connectivity index is 3.75. The van der Waals surface area contributed by atoms with Crippen molar-refractivity contribution in [3.8, 4) is 0 Å². The Morgan fingerprint density at radius 3 is 1.65 bits per heavy atom. The van der Waals surface area contributed by atoms with Crippen LogP contribution < -0.4 is 0 Å². The monoisotopic (exact) mass is 286 g/mol. The van der Waals surface area contributed by atoms with Crippen LogP contribution in [0.1, 0.15) is 20.8 Å². The first-order valence-electron chi connectivity index (χ1n) is 6.49. The SMILES string of the molecule is CCOC=CC(=O)OCC(C)COC(=O)C=COCC. The number of esters is 2. The first kappa shape index (κ1) is 18.0. The van der Waals surface area contributed by atoms with Crippen molar-refractivity contribution in [1.29, 1.82) is 0 Å². The topological polar surface area (TPSA) is 71.1 Å². The van der Waals surface area contributed by atoms with Gasteiger partial charge in [0.05, 0.1) is 51.1 Å². The molecule has 0 bridgehead atoms. The van der Waals surface area contributed by atoms with E-state index in [4.69, 9.17) is 18.9 Å². The fraction of sp³-hybridized carbons (Fsp3) is 0.571. The zero-order chi connectivity index (χ0) is 15.2. The van der Waals surface area contributed by atoms with Gasteiger partial charge >= 0.3 is 11.9 Å². The molecule has 0 aromatic carbocycles. The number of hydrogen-bond donors (Lipinski definition) is 0. The molecule has 0 rings (SSSR count). The molecule has 114 valence electrons. The van der Waals surface area contributed by atoms with Gasteiger partial charge in [-0.05, 0) is 13.8 Å². The van der Waals surface area contributed by atoms with Crippen molar-refractivity contribution in [2.24, 2.45) is 5.92 Å². The highest BCUT2D eigenvalue weighted by atomic mass is 16.5. The van der Waals surface area contributed by atoms with Gasteiger partial charge in [0, 0.05) is 5.92 Å². The number of ether oxygens (including phenoxy) is 4. The maximum Gasteiger partial charge on any atom is 0.333 e. The number of carbonyl (C=O) groups excluding carboxylic acids is 2. The van der Waals surface area contributed by atoms with Crippen LogP contribution >= 0.6 is 0 Å². The molecule has 0 spiro atoms. The largest absolute Gasteiger partial charge is 0.501 e. The molecule has 0 aromatic heterocycles. The summed E-state index contributed by atoms with van der Waals surface area (Å²) in [7, 11) is 0. The van der Waals surface area contributed by atoms with E-state index in [1.54, 1.807) is 6.92 Å². The summed E-state index contributed by atoms with van der Waals surface area (Å²) in [5.41, 5.74) is 0. The molecular weight excluding hydrogens is 264 g/mol. The standard InChI is InChI=1S/C14H22O6/c1-4-17-8-6-13(15)19-10-12(3)11-20-14(16)7-9-18-5-2/h6-9,12H,4-5,10-11H2,1-3H3. The first-order chi connectivity index (χ1) is 9.60. The van der Waals surface area contributed by atoms with Crippen LogP contribution in [0.15, 0.2) is 24.7 Å². The zero-order valence-corrected chi connectivity index (χ0v) is 12.2. The lowest BCUT2D eigenvalue weighted by Gasteiger charge is -2.10. The third-order valence-corrected chi connectivity index (χ3v) is 1.95. The fourth-order valence-electron chi connectivity index (χ4n) is 0.993. The normalized spacial score (nSPS) is 12.3. The van der Waals surface area contributed by atoms with Crippen molar-refractivity contribution >= 4 is 11.9 Å². The van der Waals surface area contributed by atoms with Crippen LogP contribution in [0.4, 0.5) is 0 Å². The maximum atomic E-state index is 11.2. The number of carbonyl (C=O) groups is 2. The van der Waals surface area contributed by atoms with Crippen molar-refractivity contribution in [1.82, 2.24) is 0 Å². The lowest BCUT2D eigenvalue weighted by Crippen LogP contribution is -2.17. The predicted octanol–water partition coefficient (Wildman–Crippen LogP) is 1.81. The van der Waals surface area contributed by atoms with Crippen LogP contribution in [0.2, 0.25) is 0 Å². The summed E-state index contributed by atoms with van der Waals surface area (Å²) in [6, 6.07) is 0. The van der Waals surface area contributed by atoms with E-state index in [9.17, 15) is 9.59 Å². The Kier molecular flexibility index (Phi) is 10.9. The molecule has 0 aliphatic heterocycles. The molecule has 0 unspecified atom stereocenters. The minimum absolute atomic E-state index is 0.0936. The van der Waals surface area contributed by atoms with E-state index in [0.717, 1.165) is 0 Å². The first-order valence-corrected chi connectivity index (χ1v) is 6.49. The molecule has 0 amide bonds. The molecule has 0 aromatic rings. The Hall–Kier alpha value is -1.98. The van der Waals surface area contributed by atoms with E-state index in [-0.39, 0.29) is 19.1 Å². The molecule has 0 saturated heterocycles. The summed E-state index contributed by atoms with van der Waals surface area (Å²) in [5.74, 6) is -1.08. The Labute approximate surface area is 119 Å². The molecule has 0 aliphatic rings. The van der Waals surface area contributed by atoms with Gasteiger partial charge in [-0.15, -0.1) is 0 Å². The van der Waals surface area contributed by atoms with Crippen LogP contribution in [0, 0.1) is 5.92 Å². The van der Waals surface area contributed by atoms with E-state index in [0.29, 0.717) is 13.2 Å². The highest BCUT2D eigenvalue weighted by Gasteiger charge is 2.08. The second kappa shape index (κ2) is 12.1. The van der Waals surface area contributed by atoms with Crippen molar-refractivity contribution < 1.29 is 28.5 Å². The van der Waals surface area contributed by atoms with Gasteiger partial charge in [0.15, 0.2) is 0 Å². The van der Waals surface area contributed by atoms with Crippen LogP contribution in [0.25, 0.3) is 0 Å². The summed E-state index contributed by atoms with van der Waals surface area (Å²) in [4.78, 5) is 22.4. The quantitative estimate of drug-likeness (QED) is 0.346. The van der Waals surface area contributed by atoms with Crippen molar-refractivity contribution in [3.05, 3.63) is 24.7 Å². The van der Waals surface area contributed by atoms with Crippen LogP contribution in [0.5, 0.6) is 0 Å². The summed E-state index contributed by atoms with van der Waals surface area (Å²) in [6.45, 7) is 6.74. The molecule has 6 nitrogen and oxygen atoms in total. The van der Waals surface area contributed by atoms with E-state index in [2.05, 4.69) is 0 Å². The number of rotatable bonds is 10. The van der Waals surface area contributed by atoms with Crippen LogP contribution in [-0.4, -0.2) is 38.4 Å². The lowest BCUT2D eigenvalue weighted by molar-refractivity contribution is -0.142. The molecule has 0 fully saturated rings. The van der Waals surface area contributed by atoms with E-state index in [1.807, 2.05) is 13.8 Å². The average Bonchev–Trinajstić information content (AvgIpc) is 2.43. The van der Waals surface area contributed by atoms with Crippen molar-refractivity contribution in [2.45, 2.75) is 20.8 Å². The second-order valence-electron chi connectivity index (χ2n) is 3.88. The van der Waals surface area contributed by atoms with Crippen LogP contribution in [-0.2, 0) is 28.5 Å². The highest BCUT2D eigenvalue weighted by molar-refractivity contribution is 5.82. The van der Waals surface area contributed by atoms with E-state index >= 15 is 0 Å². The molecule has 0 radical (unpaired) electrons. The smallest absolute Gasteiger partial charge is 0.333 e. The third-order valence-electron chi connectivity index (χ3n) is 1.95. The molecule has 0 aliphatic carbocycles. The van der Waals surface area contributed by atoms with Gasteiger partial charge in [0.25, 0.3) is 0 Å². The summed E-state index contributed by atoms with van der Waals surface area (Å²) >= 11 is 0. The minimum Gasteiger partial charge on any atom is -0.501 e. The van der Waals surface area contributed by atoms with Crippen molar-refractivity contribution in [2.75, 3.05) is 26.4 Å². The van der Waals surface area contributed by atoms with E-state index in [1.165, 1.54) is 24.7 Å². The van der Waals surface area contributed by atoms with Gasteiger partial charge < -0.3 is 18.9 Å². The molecular formula is C14H22O6. The molecule has 6 heteroatoms. The summed E-state index contributed by atoms with van der Waals surface area (Å²) in [6.07, 6.45) is 4.97. The molecule has 0 heterocycles. The third kappa shape index (κ3) is 11.1. The van der Waals surface area contributed by atoms with E-state index < -0.39 is 11.9 Å². The molecule has 0 atom stereocenters. The average molecular weight is 286 g/mol. The Morgan fingerprint density at radius 2 is 1.30 bits per heavy atom. The highest BCUT2D eigenvalue weighted by Crippen LogP contribution is 1.99. The van der Waals surface area contributed by atoms with Gasteiger partial charge in [-0.3, -0.25) is 0 Å². The summed E-state index contributed by atoms with van der Waals surface area (Å²) < 4.78 is 19.6. The fourth-order valence-corrected chi connectivity index (χ4v) is 0.993. The molecule has 20 heavy (non-hydrogen) atoms. The number of hydrogen-bond acceptors (Lipinski definition) is 6. The Morgan fingerprint density at radius 1 is 0.900 bits per heavy atom. The lowest BCUT2D eigenvalue weighted by atomic mass is 10.2. The molecule has 0 saturated carbocycles. The molecule has 0 N–H and O–H groups in total. The predicted molar refractivity (Wildman–Crippen MR) is 72.6 cm³/mol. The van der Waals surface area contributed by atoms with Crippen molar-refractivity contribution in [3.63, 3.8) is 0 Å².